The van der Waals surface area contributed by atoms with E-state index >= 15 is 0 Å². The second-order valence-corrected chi connectivity index (χ2v) is 8.33. The molecule has 0 saturated heterocycles. The molecule has 0 aromatic heterocycles. The maximum atomic E-state index is 7.56. The average Bonchev–Trinajstić information content (AvgIpc) is 2.40. The van der Waals surface area contributed by atoms with Crippen LogP contribution in [0, 0.1) is 0 Å². The van der Waals surface area contributed by atoms with Crippen LogP contribution in [0.2, 0.25) is 0 Å². The summed E-state index contributed by atoms with van der Waals surface area (Å²) in [5.41, 5.74) is 0. The van der Waals surface area contributed by atoms with Crippen molar-refractivity contribution in [1.82, 2.24) is 0 Å². The standard InChI is InChI=1S/2C6H6.K.2H3O3PS.H/c2*1-2-4-6-5-3-1;;2*1-4(2,3)5;/h2*1-6H;;2*(H3,1,2,3,5);/q;;+1;;;-1. The molecule has 0 atom stereocenters. The summed E-state index contributed by atoms with van der Waals surface area (Å²) >= 11 is 7.21. The van der Waals surface area contributed by atoms with Gasteiger partial charge in [0.1, 0.15) is 0 Å². The van der Waals surface area contributed by atoms with Crippen LogP contribution in [0.3, 0.4) is 0 Å². The Hall–Kier alpha value is 1.14. The molecule has 0 bridgehead atoms. The third kappa shape index (κ3) is 59.9. The third-order valence-electron chi connectivity index (χ3n) is 1.33. The van der Waals surface area contributed by atoms with Gasteiger partial charge in [0.15, 0.2) is 0 Å². The van der Waals surface area contributed by atoms with Gasteiger partial charge in [-0.25, -0.2) is 0 Å². The van der Waals surface area contributed by atoms with E-state index in [1.165, 1.54) is 0 Å². The van der Waals surface area contributed by atoms with E-state index in [1.807, 2.05) is 72.8 Å². The predicted octanol–water partition coefficient (Wildman–Crippen LogP) is -1.13. The normalized spacial score (nSPS) is 9.30. The molecule has 0 unspecified atom stereocenters. The molecule has 0 aliphatic rings. The van der Waals surface area contributed by atoms with Crippen molar-refractivity contribution in [3.8, 4) is 0 Å². The summed E-state index contributed by atoms with van der Waals surface area (Å²) in [6, 6.07) is 24.0. The van der Waals surface area contributed by atoms with Gasteiger partial charge < -0.3 is 30.8 Å². The molecule has 126 valence electrons. The van der Waals surface area contributed by atoms with Gasteiger partial charge in [0, 0.05) is 0 Å². The summed E-state index contributed by atoms with van der Waals surface area (Å²) in [5, 5.41) is 0. The minimum absolute atomic E-state index is 0. The Kier molecular flexibility index (Phi) is 22.6. The molecule has 6 N–H and O–H groups in total. The first-order valence-corrected chi connectivity index (χ1v) is 10.9. The van der Waals surface area contributed by atoms with Gasteiger partial charge in [0.2, 0.25) is 0 Å². The molecular weight excluding hydrogens is 405 g/mol. The minimum Gasteiger partial charge on any atom is -1.00 e. The molecule has 0 amide bonds. The van der Waals surface area contributed by atoms with Crippen LogP contribution in [0.1, 0.15) is 1.43 Å². The van der Waals surface area contributed by atoms with E-state index in [1.54, 1.807) is 0 Å². The van der Waals surface area contributed by atoms with Crippen LogP contribution in [0.25, 0.3) is 0 Å². The average molecular weight is 424 g/mol. The van der Waals surface area contributed by atoms with Gasteiger partial charge in [-0.3, -0.25) is 0 Å². The second kappa shape index (κ2) is 17.9. The fraction of sp³-hybridized carbons (Fsp3) is 0. The van der Waals surface area contributed by atoms with Crippen molar-refractivity contribution in [2.24, 2.45) is 0 Å². The molecule has 0 fully saturated rings. The van der Waals surface area contributed by atoms with Crippen molar-refractivity contribution in [1.29, 1.82) is 0 Å². The minimum atomic E-state index is -3.81. The third-order valence-corrected chi connectivity index (χ3v) is 1.33. The molecule has 0 heterocycles. The van der Waals surface area contributed by atoms with E-state index in [0.29, 0.717) is 0 Å². The summed E-state index contributed by atoms with van der Waals surface area (Å²) in [6.45, 7) is -7.61. The number of benzene rings is 2. The smallest absolute Gasteiger partial charge is 1.00 e. The van der Waals surface area contributed by atoms with Gasteiger partial charge in [-0.1, -0.05) is 72.8 Å². The summed E-state index contributed by atoms with van der Waals surface area (Å²) in [6.07, 6.45) is 0. The molecule has 0 aliphatic carbocycles. The second-order valence-electron chi connectivity index (χ2n) is 3.34. The molecule has 0 aliphatic heterocycles. The van der Waals surface area contributed by atoms with Gasteiger partial charge in [-0.15, -0.1) is 0 Å². The Morgan fingerprint density at radius 1 is 0.435 bits per heavy atom. The van der Waals surface area contributed by atoms with E-state index in [4.69, 9.17) is 29.4 Å². The van der Waals surface area contributed by atoms with Gasteiger partial charge in [0.05, 0.1) is 0 Å². The van der Waals surface area contributed by atoms with Crippen LogP contribution in [0.4, 0.5) is 0 Å². The van der Waals surface area contributed by atoms with Crippen molar-refractivity contribution in [3.05, 3.63) is 72.8 Å². The summed E-state index contributed by atoms with van der Waals surface area (Å²) in [7, 11) is 0. The molecule has 0 spiro atoms. The van der Waals surface area contributed by atoms with E-state index < -0.39 is 13.4 Å². The van der Waals surface area contributed by atoms with Crippen LogP contribution in [0.5, 0.6) is 0 Å². The van der Waals surface area contributed by atoms with Crippen LogP contribution < -0.4 is 51.4 Å². The largest absolute Gasteiger partial charge is 1.00 e. The van der Waals surface area contributed by atoms with Gasteiger partial charge in [-0.2, -0.15) is 0 Å². The van der Waals surface area contributed by atoms with E-state index in [2.05, 4.69) is 23.6 Å². The number of hydrogen-bond donors (Lipinski definition) is 6. The predicted molar refractivity (Wildman–Crippen MR) is 95.9 cm³/mol. The van der Waals surface area contributed by atoms with Crippen LogP contribution in [-0.4, -0.2) is 29.4 Å². The van der Waals surface area contributed by atoms with Gasteiger partial charge in [0.25, 0.3) is 0 Å². The van der Waals surface area contributed by atoms with Gasteiger partial charge >= 0.3 is 64.8 Å². The Morgan fingerprint density at radius 2 is 0.478 bits per heavy atom. The SMILES string of the molecule is OP(O)(O)=S.OP(O)(O)=S.[H-].[K+].c1ccccc1.c1ccccc1. The van der Waals surface area contributed by atoms with Crippen molar-refractivity contribution in [2.75, 3.05) is 0 Å². The van der Waals surface area contributed by atoms with Gasteiger partial charge in [-0.05, 0) is 23.6 Å². The molecule has 23 heavy (non-hydrogen) atoms. The quantitative estimate of drug-likeness (QED) is 0.232. The fourth-order valence-corrected chi connectivity index (χ4v) is 0.770. The Bertz CT molecular complexity index is 435. The number of rotatable bonds is 0. The molecule has 2 rings (SSSR count). The Balaban J connectivity index is -0.000000109. The maximum Gasteiger partial charge on any atom is 1.00 e. The first-order chi connectivity index (χ1) is 10.0. The molecule has 0 radical (unpaired) electrons. The topological polar surface area (TPSA) is 121 Å². The van der Waals surface area contributed by atoms with Crippen molar-refractivity contribution in [3.63, 3.8) is 0 Å². The molecule has 0 saturated carbocycles. The van der Waals surface area contributed by atoms with E-state index in [0.717, 1.165) is 0 Å². The summed E-state index contributed by atoms with van der Waals surface area (Å²) in [4.78, 5) is 45.3. The van der Waals surface area contributed by atoms with Crippen molar-refractivity contribution in [2.45, 2.75) is 0 Å². The zero-order valence-electron chi connectivity index (χ0n) is 13.3. The molecule has 11 heteroatoms. The molecule has 2 aromatic rings. The Labute approximate surface area is 189 Å². The zero-order chi connectivity index (χ0) is 17.5. The first-order valence-electron chi connectivity index (χ1n) is 5.57. The molecule has 2 aromatic carbocycles. The van der Waals surface area contributed by atoms with Crippen LogP contribution in [-0.2, 0) is 23.6 Å². The van der Waals surface area contributed by atoms with E-state index in [-0.39, 0.29) is 52.8 Å². The first kappa shape index (κ1) is 28.9. The Morgan fingerprint density at radius 3 is 0.522 bits per heavy atom. The number of hydrogen-bond acceptors (Lipinski definition) is 2. The van der Waals surface area contributed by atoms with Crippen molar-refractivity contribution < 1.29 is 82.2 Å². The van der Waals surface area contributed by atoms with Crippen LogP contribution >= 0.6 is 13.4 Å². The monoisotopic (exact) mass is 424 g/mol. The molecule has 6 nitrogen and oxygen atoms in total. The van der Waals surface area contributed by atoms with E-state index in [9.17, 15) is 0 Å². The maximum absolute atomic E-state index is 7.56. The molecular formula is C12H19KO6P2S2. The van der Waals surface area contributed by atoms with Crippen molar-refractivity contribution >= 4 is 37.1 Å². The van der Waals surface area contributed by atoms with Crippen LogP contribution in [0.15, 0.2) is 72.8 Å². The zero-order valence-corrected chi connectivity index (χ0v) is 18.9. The summed E-state index contributed by atoms with van der Waals surface area (Å²) in [5.74, 6) is 0. The summed E-state index contributed by atoms with van der Waals surface area (Å²) < 4.78 is 0. The fourth-order valence-electron chi connectivity index (χ4n) is 0.770.